The number of ether oxygens (including phenoxy) is 1. The Morgan fingerprint density at radius 3 is 2.12 bits per heavy atom. The zero-order valence-corrected chi connectivity index (χ0v) is 19.6. The lowest BCUT2D eigenvalue weighted by molar-refractivity contribution is -0.126. The van der Waals surface area contributed by atoms with Crippen LogP contribution in [0.1, 0.15) is 18.1 Å². The number of hydrogen-bond acceptors (Lipinski definition) is 9. The summed E-state index contributed by atoms with van der Waals surface area (Å²) in [7, 11) is -8.00. The molecule has 0 aliphatic heterocycles. The highest BCUT2D eigenvalue weighted by Gasteiger charge is 2.26. The highest BCUT2D eigenvalue weighted by molar-refractivity contribution is 7.86. The molecule has 0 heterocycles. The van der Waals surface area contributed by atoms with E-state index in [4.69, 9.17) is 4.74 Å². The fraction of sp³-hybridized carbons (Fsp3) is 0.263. The molecule has 2 rings (SSSR count). The van der Waals surface area contributed by atoms with Crippen LogP contribution in [0.4, 0.5) is 11.4 Å². The van der Waals surface area contributed by atoms with E-state index in [1.807, 2.05) is 0 Å². The second-order valence-corrected chi connectivity index (χ2v) is 9.74. The molecule has 1 unspecified atom stereocenters. The predicted molar refractivity (Wildman–Crippen MR) is 116 cm³/mol. The summed E-state index contributed by atoms with van der Waals surface area (Å²) in [5.74, 6) is -1.82. The highest BCUT2D eigenvalue weighted by Crippen LogP contribution is 2.31. The molecule has 12 nitrogen and oxygen atoms in total. The van der Waals surface area contributed by atoms with E-state index in [0.29, 0.717) is 5.56 Å². The van der Waals surface area contributed by atoms with Crippen LogP contribution in [0.3, 0.4) is 0 Å². The normalized spacial score (nSPS) is 13.0. The molecule has 178 valence electrons. The van der Waals surface area contributed by atoms with Gasteiger partial charge in [-0.1, -0.05) is 6.07 Å². The summed E-state index contributed by atoms with van der Waals surface area (Å²) in [6, 6.07) is 4.40. The van der Waals surface area contributed by atoms with Gasteiger partial charge in [-0.15, -0.1) is 0 Å². The second kappa shape index (κ2) is 9.74. The number of hydrogen-bond donors (Lipinski definition) is 3. The Hall–Kier alpha value is -3.20. The second-order valence-electron chi connectivity index (χ2n) is 6.96. The molecule has 1 amide bonds. The monoisotopic (exact) mass is 499 g/mol. The fourth-order valence-electron chi connectivity index (χ4n) is 2.76. The van der Waals surface area contributed by atoms with Gasteiger partial charge < -0.3 is 10.1 Å². The smallest absolute Gasteiger partial charge is 0.296 e. The molecule has 0 aliphatic carbocycles. The Morgan fingerprint density at radius 1 is 1.00 bits per heavy atom. The van der Waals surface area contributed by atoms with E-state index in [0.717, 1.165) is 19.1 Å². The van der Waals surface area contributed by atoms with Crippen LogP contribution in [0.25, 0.3) is 0 Å². The van der Waals surface area contributed by atoms with Gasteiger partial charge >= 0.3 is 0 Å². The zero-order valence-electron chi connectivity index (χ0n) is 17.9. The summed E-state index contributed by atoms with van der Waals surface area (Å²) in [5, 5.41) is 9.67. The van der Waals surface area contributed by atoms with Crippen LogP contribution >= 0.6 is 0 Å². The van der Waals surface area contributed by atoms with E-state index in [2.05, 4.69) is 15.5 Å². The molecule has 2 aromatic rings. The van der Waals surface area contributed by atoms with Crippen LogP contribution in [0.15, 0.2) is 50.4 Å². The van der Waals surface area contributed by atoms with Crippen molar-refractivity contribution in [2.75, 3.05) is 12.4 Å². The Kier molecular flexibility index (Phi) is 7.69. The molecular weight excluding hydrogens is 478 g/mol. The number of carbonyl (C=O) groups excluding carboxylic acids is 2. The first kappa shape index (κ1) is 26.1. The standard InChI is InChI=1S/C19H21N3O9S2/c1-10-5-6-13(17(7-10)33(28,29)30)21-22-18(12(3)23)19(24)20-14-8-11(2)16(32(25,26)27)9-15(14)31-4/h5-9,18H,1-4H3,(H,20,24)(H,25,26,27)(H,28,29,30). The van der Waals surface area contributed by atoms with E-state index in [1.54, 1.807) is 6.92 Å². The predicted octanol–water partition coefficient (Wildman–Crippen LogP) is 2.49. The number of carbonyl (C=O) groups is 2. The summed E-state index contributed by atoms with van der Waals surface area (Å²) in [6.07, 6.45) is 0. The average molecular weight is 500 g/mol. The van der Waals surface area contributed by atoms with Crippen molar-refractivity contribution >= 4 is 43.3 Å². The molecule has 33 heavy (non-hydrogen) atoms. The number of azo groups is 1. The molecule has 0 saturated carbocycles. The lowest BCUT2D eigenvalue weighted by Crippen LogP contribution is -2.32. The topological polar surface area (TPSA) is 189 Å². The number of Topliss-reactive ketones (excluding diaryl/α,β-unsaturated/α-hetero) is 1. The summed E-state index contributed by atoms with van der Waals surface area (Å²) in [4.78, 5) is 23.7. The summed E-state index contributed by atoms with van der Waals surface area (Å²) >= 11 is 0. The molecular formula is C19H21N3O9S2. The minimum atomic E-state index is -4.65. The average Bonchev–Trinajstić information content (AvgIpc) is 2.67. The Bertz CT molecular complexity index is 1350. The van der Waals surface area contributed by atoms with Gasteiger partial charge in [-0.2, -0.15) is 27.1 Å². The quantitative estimate of drug-likeness (QED) is 0.278. The van der Waals surface area contributed by atoms with E-state index in [9.17, 15) is 35.5 Å². The van der Waals surface area contributed by atoms with Gasteiger partial charge in [0.1, 0.15) is 21.2 Å². The minimum absolute atomic E-state index is 0.0113. The van der Waals surface area contributed by atoms with Gasteiger partial charge in [0.15, 0.2) is 5.78 Å². The van der Waals surface area contributed by atoms with Gasteiger partial charge in [-0.25, -0.2) is 0 Å². The first-order valence-corrected chi connectivity index (χ1v) is 12.0. The summed E-state index contributed by atoms with van der Waals surface area (Å²) in [5.41, 5.74) is 0.307. The van der Waals surface area contributed by atoms with E-state index in [1.165, 1.54) is 32.2 Å². The molecule has 0 saturated heterocycles. The Balaban J connectivity index is 2.43. The Labute approximate surface area is 190 Å². The van der Waals surface area contributed by atoms with Crippen molar-refractivity contribution in [3.05, 3.63) is 41.5 Å². The van der Waals surface area contributed by atoms with Crippen molar-refractivity contribution in [1.29, 1.82) is 0 Å². The molecule has 14 heteroatoms. The van der Waals surface area contributed by atoms with Crippen LogP contribution in [0.5, 0.6) is 5.75 Å². The Morgan fingerprint density at radius 2 is 1.61 bits per heavy atom. The molecule has 0 radical (unpaired) electrons. The molecule has 2 aromatic carbocycles. The third-order valence-electron chi connectivity index (χ3n) is 4.34. The van der Waals surface area contributed by atoms with Crippen LogP contribution < -0.4 is 10.1 Å². The van der Waals surface area contributed by atoms with Crippen LogP contribution in [-0.2, 0) is 29.8 Å². The lowest BCUT2D eigenvalue weighted by atomic mass is 10.1. The fourth-order valence-corrected chi connectivity index (χ4v) is 4.19. The SMILES string of the molecule is COc1cc(S(=O)(=O)O)c(C)cc1NC(=O)C(N=Nc1ccc(C)cc1S(=O)(=O)O)C(C)=O. The maximum absolute atomic E-state index is 12.7. The zero-order chi connectivity index (χ0) is 25.1. The molecule has 0 bridgehead atoms. The van der Waals surface area contributed by atoms with Crippen LogP contribution in [0.2, 0.25) is 0 Å². The number of aryl methyl sites for hydroxylation is 2. The summed E-state index contributed by atoms with van der Waals surface area (Å²) < 4.78 is 69.9. The number of rotatable bonds is 8. The number of nitrogens with one attached hydrogen (secondary N) is 1. The third kappa shape index (κ3) is 6.41. The van der Waals surface area contributed by atoms with Crippen LogP contribution in [-0.4, -0.2) is 50.8 Å². The third-order valence-corrected chi connectivity index (χ3v) is 6.22. The molecule has 0 spiro atoms. The first-order valence-electron chi connectivity index (χ1n) is 9.11. The number of benzene rings is 2. The number of nitrogens with zero attached hydrogens (tertiary/aromatic N) is 2. The van der Waals surface area contributed by atoms with Crippen molar-refractivity contribution in [3.8, 4) is 5.75 Å². The summed E-state index contributed by atoms with van der Waals surface area (Å²) in [6.45, 7) is 4.02. The van der Waals surface area contributed by atoms with Gasteiger partial charge in [0.2, 0.25) is 6.04 Å². The van der Waals surface area contributed by atoms with Crippen molar-refractivity contribution < 1.29 is 40.3 Å². The number of methoxy groups -OCH3 is 1. The number of anilines is 1. The van der Waals surface area contributed by atoms with E-state index in [-0.39, 0.29) is 22.7 Å². The van der Waals surface area contributed by atoms with Gasteiger partial charge in [-0.05, 0) is 50.1 Å². The van der Waals surface area contributed by atoms with Gasteiger partial charge in [0.25, 0.3) is 26.1 Å². The van der Waals surface area contributed by atoms with Crippen LogP contribution in [0, 0.1) is 13.8 Å². The maximum Gasteiger partial charge on any atom is 0.296 e. The number of ketones is 1. The molecule has 0 aromatic heterocycles. The minimum Gasteiger partial charge on any atom is -0.495 e. The molecule has 0 fully saturated rings. The number of amides is 1. The molecule has 0 aliphatic rings. The van der Waals surface area contributed by atoms with E-state index < -0.39 is 47.8 Å². The molecule has 3 N–H and O–H groups in total. The van der Waals surface area contributed by atoms with Crippen molar-refractivity contribution in [3.63, 3.8) is 0 Å². The first-order chi connectivity index (χ1) is 15.1. The molecule has 1 atom stereocenters. The largest absolute Gasteiger partial charge is 0.495 e. The van der Waals surface area contributed by atoms with Crippen molar-refractivity contribution in [1.82, 2.24) is 0 Å². The van der Waals surface area contributed by atoms with Gasteiger partial charge in [0.05, 0.1) is 12.8 Å². The van der Waals surface area contributed by atoms with E-state index >= 15 is 0 Å². The van der Waals surface area contributed by atoms with Crippen molar-refractivity contribution in [2.45, 2.75) is 36.6 Å². The maximum atomic E-state index is 12.7. The van der Waals surface area contributed by atoms with Crippen molar-refractivity contribution in [2.24, 2.45) is 10.2 Å². The lowest BCUT2D eigenvalue weighted by Gasteiger charge is -2.15. The highest BCUT2D eigenvalue weighted by atomic mass is 32.2. The van der Waals surface area contributed by atoms with Gasteiger partial charge in [0, 0.05) is 6.07 Å². The van der Waals surface area contributed by atoms with Gasteiger partial charge in [-0.3, -0.25) is 18.7 Å².